The first kappa shape index (κ1) is 15.3. The van der Waals surface area contributed by atoms with Crippen LogP contribution in [0.2, 0.25) is 0 Å². The molecule has 6 heteroatoms. The number of carbonyl (C=O) groups excluding carboxylic acids is 2. The lowest BCUT2D eigenvalue weighted by Crippen LogP contribution is -2.57. The van der Waals surface area contributed by atoms with Crippen LogP contribution in [0.1, 0.15) is 26.2 Å². The SMILES string of the molecule is CNC(=O)C1COCCN1C(=O)C1CCC(N)C(C)C1. The second-order valence-electron chi connectivity index (χ2n) is 5.89. The van der Waals surface area contributed by atoms with E-state index in [9.17, 15) is 9.59 Å². The van der Waals surface area contributed by atoms with Crippen molar-refractivity contribution in [1.82, 2.24) is 10.2 Å². The van der Waals surface area contributed by atoms with Gasteiger partial charge in [0.05, 0.1) is 13.2 Å². The molecule has 4 atom stereocenters. The maximum absolute atomic E-state index is 12.7. The third-order valence-corrected chi connectivity index (χ3v) is 4.55. The van der Waals surface area contributed by atoms with Crippen LogP contribution in [-0.2, 0) is 14.3 Å². The van der Waals surface area contributed by atoms with Gasteiger partial charge in [0.25, 0.3) is 0 Å². The van der Waals surface area contributed by atoms with Gasteiger partial charge in [-0.3, -0.25) is 9.59 Å². The Morgan fingerprint density at radius 1 is 1.35 bits per heavy atom. The number of ether oxygens (including phenoxy) is 1. The van der Waals surface area contributed by atoms with E-state index in [0.29, 0.717) is 19.1 Å². The minimum absolute atomic E-state index is 0.00458. The van der Waals surface area contributed by atoms with Crippen LogP contribution < -0.4 is 11.1 Å². The second-order valence-corrected chi connectivity index (χ2v) is 5.89. The van der Waals surface area contributed by atoms with Gasteiger partial charge in [-0.05, 0) is 25.2 Å². The number of nitrogens with two attached hydrogens (primary N) is 1. The van der Waals surface area contributed by atoms with Crippen LogP contribution in [0.5, 0.6) is 0 Å². The maximum atomic E-state index is 12.7. The Morgan fingerprint density at radius 3 is 2.75 bits per heavy atom. The van der Waals surface area contributed by atoms with Gasteiger partial charge in [0, 0.05) is 25.6 Å². The van der Waals surface area contributed by atoms with Gasteiger partial charge in [-0.1, -0.05) is 6.92 Å². The average Bonchev–Trinajstić information content (AvgIpc) is 2.48. The molecule has 1 aliphatic heterocycles. The number of carbonyl (C=O) groups is 2. The fourth-order valence-electron chi connectivity index (χ4n) is 3.13. The normalized spacial score (nSPS) is 34.6. The van der Waals surface area contributed by atoms with Crippen LogP contribution in [-0.4, -0.2) is 55.6 Å². The Labute approximate surface area is 120 Å². The molecule has 3 N–H and O–H groups in total. The predicted molar refractivity (Wildman–Crippen MR) is 74.9 cm³/mol. The van der Waals surface area contributed by atoms with Crippen LogP contribution >= 0.6 is 0 Å². The Bertz CT molecular complexity index is 375. The molecule has 1 saturated heterocycles. The van der Waals surface area contributed by atoms with Gasteiger partial charge in [0.1, 0.15) is 6.04 Å². The average molecular weight is 283 g/mol. The fraction of sp³-hybridized carbons (Fsp3) is 0.857. The van der Waals surface area contributed by atoms with Gasteiger partial charge < -0.3 is 20.7 Å². The smallest absolute Gasteiger partial charge is 0.244 e. The number of rotatable bonds is 2. The number of amides is 2. The van der Waals surface area contributed by atoms with Crippen molar-refractivity contribution in [2.24, 2.45) is 17.6 Å². The van der Waals surface area contributed by atoms with Gasteiger partial charge in [-0.25, -0.2) is 0 Å². The van der Waals surface area contributed by atoms with Crippen LogP contribution in [0.4, 0.5) is 0 Å². The van der Waals surface area contributed by atoms with E-state index in [1.54, 1.807) is 11.9 Å². The molecule has 4 unspecified atom stereocenters. The molecule has 2 aliphatic rings. The third-order valence-electron chi connectivity index (χ3n) is 4.55. The van der Waals surface area contributed by atoms with Crippen molar-refractivity contribution in [3.8, 4) is 0 Å². The fourth-order valence-corrected chi connectivity index (χ4v) is 3.13. The van der Waals surface area contributed by atoms with Crippen molar-refractivity contribution in [2.75, 3.05) is 26.8 Å². The zero-order chi connectivity index (χ0) is 14.7. The summed E-state index contributed by atoms with van der Waals surface area (Å²) in [5.41, 5.74) is 6.01. The van der Waals surface area contributed by atoms with Crippen molar-refractivity contribution >= 4 is 11.8 Å². The van der Waals surface area contributed by atoms with E-state index in [1.165, 1.54) is 0 Å². The Balaban J connectivity index is 2.04. The summed E-state index contributed by atoms with van der Waals surface area (Å²) in [6.07, 6.45) is 2.52. The highest BCUT2D eigenvalue weighted by Crippen LogP contribution is 2.30. The second kappa shape index (κ2) is 6.54. The molecule has 1 saturated carbocycles. The van der Waals surface area contributed by atoms with E-state index in [0.717, 1.165) is 19.3 Å². The predicted octanol–water partition coefficient (Wildman–Crippen LogP) is -0.277. The third kappa shape index (κ3) is 3.12. The van der Waals surface area contributed by atoms with E-state index >= 15 is 0 Å². The van der Waals surface area contributed by atoms with Gasteiger partial charge in [-0.15, -0.1) is 0 Å². The first-order valence-corrected chi connectivity index (χ1v) is 7.40. The van der Waals surface area contributed by atoms with E-state index in [4.69, 9.17) is 10.5 Å². The van der Waals surface area contributed by atoms with E-state index in [1.807, 2.05) is 0 Å². The first-order valence-electron chi connectivity index (χ1n) is 7.40. The highest BCUT2D eigenvalue weighted by molar-refractivity contribution is 5.88. The summed E-state index contributed by atoms with van der Waals surface area (Å²) in [7, 11) is 1.58. The molecule has 1 aliphatic carbocycles. The van der Waals surface area contributed by atoms with Crippen LogP contribution in [0.25, 0.3) is 0 Å². The Hall–Kier alpha value is -1.14. The monoisotopic (exact) mass is 283 g/mol. The lowest BCUT2D eigenvalue weighted by Gasteiger charge is -2.39. The van der Waals surface area contributed by atoms with E-state index < -0.39 is 6.04 Å². The number of nitrogens with zero attached hydrogens (tertiary/aromatic N) is 1. The summed E-state index contributed by atoms with van der Waals surface area (Å²) in [4.78, 5) is 26.3. The van der Waals surface area contributed by atoms with Crippen molar-refractivity contribution in [3.05, 3.63) is 0 Å². The summed E-state index contributed by atoms with van der Waals surface area (Å²) in [5.74, 6) is 0.284. The molecule has 0 aromatic rings. The molecule has 114 valence electrons. The number of morpholine rings is 1. The summed E-state index contributed by atoms with van der Waals surface area (Å²) < 4.78 is 5.34. The molecule has 0 aromatic carbocycles. The molecule has 0 aromatic heterocycles. The lowest BCUT2D eigenvalue weighted by atomic mass is 9.78. The van der Waals surface area contributed by atoms with E-state index in [2.05, 4.69) is 12.2 Å². The Kier molecular flexibility index (Phi) is 4.99. The van der Waals surface area contributed by atoms with Gasteiger partial charge in [-0.2, -0.15) is 0 Å². The molecule has 2 fully saturated rings. The molecule has 1 heterocycles. The lowest BCUT2D eigenvalue weighted by molar-refractivity contribution is -0.152. The van der Waals surface area contributed by atoms with Crippen LogP contribution in [0.15, 0.2) is 0 Å². The zero-order valence-electron chi connectivity index (χ0n) is 12.3. The zero-order valence-corrected chi connectivity index (χ0v) is 12.3. The minimum Gasteiger partial charge on any atom is -0.377 e. The molecule has 2 amide bonds. The first-order chi connectivity index (χ1) is 9.54. The van der Waals surface area contributed by atoms with Gasteiger partial charge in [0.15, 0.2) is 0 Å². The largest absolute Gasteiger partial charge is 0.377 e. The van der Waals surface area contributed by atoms with Crippen molar-refractivity contribution in [1.29, 1.82) is 0 Å². The molecule has 0 radical (unpaired) electrons. The highest BCUT2D eigenvalue weighted by Gasteiger charge is 2.38. The van der Waals surface area contributed by atoms with Crippen molar-refractivity contribution < 1.29 is 14.3 Å². The van der Waals surface area contributed by atoms with Crippen molar-refractivity contribution in [3.63, 3.8) is 0 Å². The number of likely N-dealkylation sites (N-methyl/N-ethyl adjacent to an activating group) is 1. The van der Waals surface area contributed by atoms with E-state index in [-0.39, 0.29) is 30.4 Å². The summed E-state index contributed by atoms with van der Waals surface area (Å²) in [5, 5.41) is 2.61. The quantitative estimate of drug-likeness (QED) is 0.730. The molecule has 6 nitrogen and oxygen atoms in total. The molecule has 0 bridgehead atoms. The van der Waals surface area contributed by atoms with Gasteiger partial charge >= 0.3 is 0 Å². The topological polar surface area (TPSA) is 84.7 Å². The van der Waals surface area contributed by atoms with Crippen LogP contribution in [0.3, 0.4) is 0 Å². The summed E-state index contributed by atoms with van der Waals surface area (Å²) >= 11 is 0. The number of nitrogens with one attached hydrogen (secondary N) is 1. The molecular formula is C14H25N3O3. The maximum Gasteiger partial charge on any atom is 0.244 e. The molecule has 0 spiro atoms. The Morgan fingerprint density at radius 2 is 2.10 bits per heavy atom. The highest BCUT2D eigenvalue weighted by atomic mass is 16.5. The minimum atomic E-state index is -0.493. The standard InChI is InChI=1S/C14H25N3O3/c1-9-7-10(3-4-11(9)15)14(19)17-5-6-20-8-12(17)13(18)16-2/h9-12H,3-8,15H2,1-2H3,(H,16,18). The molecule has 2 rings (SSSR count). The summed E-state index contributed by atoms with van der Waals surface area (Å²) in [6, 6.07) is -0.300. The number of hydrogen-bond donors (Lipinski definition) is 2. The summed E-state index contributed by atoms with van der Waals surface area (Å²) in [6.45, 7) is 3.38. The number of hydrogen-bond acceptors (Lipinski definition) is 4. The van der Waals surface area contributed by atoms with Gasteiger partial charge in [0.2, 0.25) is 11.8 Å². The molecule has 20 heavy (non-hydrogen) atoms. The van der Waals surface area contributed by atoms with Crippen LogP contribution in [0, 0.1) is 11.8 Å². The van der Waals surface area contributed by atoms with Crippen molar-refractivity contribution in [2.45, 2.75) is 38.3 Å². The molecular weight excluding hydrogens is 258 g/mol.